The lowest BCUT2D eigenvalue weighted by atomic mass is 10.1. The minimum atomic E-state index is -0.919. The molecule has 182 valence electrons. The second-order valence-electron chi connectivity index (χ2n) is 8.97. The van der Waals surface area contributed by atoms with Crippen molar-refractivity contribution in [1.29, 1.82) is 0 Å². The van der Waals surface area contributed by atoms with E-state index in [4.69, 9.17) is 14.6 Å². The van der Waals surface area contributed by atoms with Crippen molar-refractivity contribution in [2.45, 2.75) is 32.8 Å². The van der Waals surface area contributed by atoms with Gasteiger partial charge in [0.2, 0.25) is 0 Å². The standard InChI is InChI=1S/C25H31N3O6/c1-25(2,3)34-24(32)28-15-13-27(14-16-28)20-8-4-18(5-9-20)23(31)26-19-6-10-21(11-7-19)33-17-12-22(29)30/h4-11H,12-17H2,1-3H3,(H,26,31)(H,29,30). The second-order valence-corrected chi connectivity index (χ2v) is 8.97. The van der Waals surface area contributed by atoms with Gasteiger partial charge in [-0.15, -0.1) is 0 Å². The van der Waals surface area contributed by atoms with Crippen molar-refractivity contribution in [3.05, 3.63) is 54.1 Å². The van der Waals surface area contributed by atoms with Crippen LogP contribution < -0.4 is 15.0 Å². The number of carboxylic acids is 1. The number of nitrogens with zero attached hydrogens (tertiary/aromatic N) is 2. The zero-order valence-electron chi connectivity index (χ0n) is 19.7. The third kappa shape index (κ3) is 7.40. The highest BCUT2D eigenvalue weighted by Gasteiger charge is 2.26. The normalized spacial score (nSPS) is 13.9. The number of aliphatic carboxylic acids is 1. The number of hydrogen-bond acceptors (Lipinski definition) is 6. The Morgan fingerprint density at radius 2 is 1.56 bits per heavy atom. The third-order valence-corrected chi connectivity index (χ3v) is 5.12. The molecule has 1 aliphatic rings. The summed E-state index contributed by atoms with van der Waals surface area (Å²) < 4.78 is 10.8. The van der Waals surface area contributed by atoms with Crippen LogP contribution >= 0.6 is 0 Å². The Hall–Kier alpha value is -3.75. The van der Waals surface area contributed by atoms with Gasteiger partial charge in [0.15, 0.2) is 0 Å². The van der Waals surface area contributed by atoms with Gasteiger partial charge in [-0.3, -0.25) is 9.59 Å². The number of piperazine rings is 1. The van der Waals surface area contributed by atoms with Gasteiger partial charge in [0.1, 0.15) is 11.4 Å². The van der Waals surface area contributed by atoms with Gasteiger partial charge in [0, 0.05) is 43.1 Å². The summed E-state index contributed by atoms with van der Waals surface area (Å²) in [4.78, 5) is 39.2. The van der Waals surface area contributed by atoms with E-state index in [2.05, 4.69) is 10.2 Å². The molecule has 3 rings (SSSR count). The molecule has 0 atom stereocenters. The lowest BCUT2D eigenvalue weighted by molar-refractivity contribution is -0.137. The van der Waals surface area contributed by atoms with Crippen molar-refractivity contribution in [1.82, 2.24) is 4.90 Å². The molecular weight excluding hydrogens is 438 g/mol. The number of carbonyl (C=O) groups excluding carboxylic acids is 2. The molecule has 9 heteroatoms. The molecule has 34 heavy (non-hydrogen) atoms. The minimum Gasteiger partial charge on any atom is -0.493 e. The van der Waals surface area contributed by atoms with E-state index < -0.39 is 11.6 Å². The number of anilines is 2. The maximum atomic E-state index is 12.6. The number of amides is 2. The predicted octanol–water partition coefficient (Wildman–Crippen LogP) is 3.85. The lowest BCUT2D eigenvalue weighted by Crippen LogP contribution is -2.50. The number of benzene rings is 2. The molecule has 2 aromatic rings. The molecule has 1 saturated heterocycles. The number of carboxylic acid groups (broad SMARTS) is 1. The Labute approximate surface area is 199 Å². The highest BCUT2D eigenvalue weighted by Crippen LogP contribution is 2.20. The number of hydrogen-bond donors (Lipinski definition) is 2. The van der Waals surface area contributed by atoms with Gasteiger partial charge in [-0.2, -0.15) is 0 Å². The van der Waals surface area contributed by atoms with Gasteiger partial charge >= 0.3 is 12.1 Å². The van der Waals surface area contributed by atoms with Crippen molar-refractivity contribution in [2.24, 2.45) is 0 Å². The highest BCUT2D eigenvalue weighted by atomic mass is 16.6. The average Bonchev–Trinajstić information content (AvgIpc) is 2.79. The highest BCUT2D eigenvalue weighted by molar-refractivity contribution is 6.04. The minimum absolute atomic E-state index is 0.0755. The molecule has 0 aliphatic carbocycles. The largest absolute Gasteiger partial charge is 0.493 e. The van der Waals surface area contributed by atoms with Crippen molar-refractivity contribution < 1.29 is 29.0 Å². The van der Waals surface area contributed by atoms with Crippen LogP contribution in [0.15, 0.2) is 48.5 Å². The molecule has 0 spiro atoms. The zero-order chi connectivity index (χ0) is 24.7. The smallest absolute Gasteiger partial charge is 0.410 e. The van der Waals surface area contributed by atoms with Crippen LogP contribution in [0.3, 0.4) is 0 Å². The molecule has 0 bridgehead atoms. The van der Waals surface area contributed by atoms with Crippen LogP contribution in [0.1, 0.15) is 37.6 Å². The van der Waals surface area contributed by atoms with E-state index in [1.165, 1.54) is 0 Å². The fourth-order valence-electron chi connectivity index (χ4n) is 3.39. The topological polar surface area (TPSA) is 108 Å². The van der Waals surface area contributed by atoms with Crippen LogP contribution in [0.5, 0.6) is 5.75 Å². The summed E-state index contributed by atoms with van der Waals surface area (Å²) in [6.07, 6.45) is -0.368. The van der Waals surface area contributed by atoms with Crippen LogP contribution in [0.25, 0.3) is 0 Å². The van der Waals surface area contributed by atoms with E-state index >= 15 is 0 Å². The first-order valence-electron chi connectivity index (χ1n) is 11.2. The number of rotatable bonds is 7. The molecule has 0 unspecified atom stereocenters. The van der Waals surface area contributed by atoms with Gasteiger partial charge in [-0.25, -0.2) is 4.79 Å². The summed E-state index contributed by atoms with van der Waals surface area (Å²) in [6, 6.07) is 14.1. The van der Waals surface area contributed by atoms with E-state index in [0.717, 1.165) is 5.69 Å². The molecule has 1 heterocycles. The van der Waals surface area contributed by atoms with Crippen LogP contribution in [-0.2, 0) is 9.53 Å². The summed E-state index contributed by atoms with van der Waals surface area (Å²) in [5.74, 6) is -0.617. The number of ether oxygens (including phenoxy) is 2. The van der Waals surface area contributed by atoms with Crippen LogP contribution in [0.4, 0.5) is 16.2 Å². The summed E-state index contributed by atoms with van der Waals surface area (Å²) in [5.41, 5.74) is 1.61. The first-order valence-corrected chi connectivity index (χ1v) is 11.2. The Bertz CT molecular complexity index is 991. The second kappa shape index (κ2) is 10.9. The summed E-state index contributed by atoms with van der Waals surface area (Å²) in [7, 11) is 0. The van der Waals surface area contributed by atoms with E-state index in [1.54, 1.807) is 41.3 Å². The average molecular weight is 470 g/mol. The fourth-order valence-corrected chi connectivity index (χ4v) is 3.39. The van der Waals surface area contributed by atoms with Crippen LogP contribution in [0.2, 0.25) is 0 Å². The molecule has 0 saturated carbocycles. The summed E-state index contributed by atoms with van der Waals surface area (Å²) in [5, 5.41) is 11.5. The number of carbonyl (C=O) groups is 3. The molecule has 1 aliphatic heterocycles. The van der Waals surface area contributed by atoms with Gasteiger partial charge in [0.25, 0.3) is 5.91 Å². The van der Waals surface area contributed by atoms with E-state index in [-0.39, 0.29) is 25.0 Å². The van der Waals surface area contributed by atoms with E-state index in [1.807, 2.05) is 32.9 Å². The van der Waals surface area contributed by atoms with Crippen LogP contribution in [-0.4, -0.2) is 66.4 Å². The van der Waals surface area contributed by atoms with Gasteiger partial charge in [-0.05, 0) is 69.3 Å². The summed E-state index contributed by atoms with van der Waals surface area (Å²) in [6.45, 7) is 8.18. The monoisotopic (exact) mass is 469 g/mol. The van der Waals surface area contributed by atoms with E-state index in [0.29, 0.717) is 43.2 Å². The molecule has 2 amide bonds. The van der Waals surface area contributed by atoms with Gasteiger partial charge in [-0.1, -0.05) is 0 Å². The SMILES string of the molecule is CC(C)(C)OC(=O)N1CCN(c2ccc(C(=O)Nc3ccc(OCCC(=O)O)cc3)cc2)CC1. The van der Waals surface area contributed by atoms with Gasteiger partial charge < -0.3 is 29.7 Å². The number of nitrogens with one attached hydrogen (secondary N) is 1. The van der Waals surface area contributed by atoms with Crippen molar-refractivity contribution in [2.75, 3.05) is 43.0 Å². The quantitative estimate of drug-likeness (QED) is 0.634. The Morgan fingerprint density at radius 3 is 2.12 bits per heavy atom. The Morgan fingerprint density at radius 1 is 0.941 bits per heavy atom. The van der Waals surface area contributed by atoms with Gasteiger partial charge in [0.05, 0.1) is 13.0 Å². The van der Waals surface area contributed by atoms with Crippen molar-refractivity contribution in [3.8, 4) is 5.75 Å². The predicted molar refractivity (Wildman–Crippen MR) is 129 cm³/mol. The van der Waals surface area contributed by atoms with Crippen LogP contribution in [0, 0.1) is 0 Å². The van der Waals surface area contributed by atoms with Crippen molar-refractivity contribution >= 4 is 29.3 Å². The first kappa shape index (κ1) is 24.9. The lowest BCUT2D eigenvalue weighted by Gasteiger charge is -2.36. The van der Waals surface area contributed by atoms with Crippen molar-refractivity contribution in [3.63, 3.8) is 0 Å². The Balaban J connectivity index is 1.49. The molecule has 0 aromatic heterocycles. The zero-order valence-corrected chi connectivity index (χ0v) is 19.7. The fraction of sp³-hybridized carbons (Fsp3) is 0.400. The summed E-state index contributed by atoms with van der Waals surface area (Å²) >= 11 is 0. The third-order valence-electron chi connectivity index (χ3n) is 5.12. The Kier molecular flexibility index (Phi) is 7.99. The maximum absolute atomic E-state index is 12.6. The van der Waals surface area contributed by atoms with E-state index in [9.17, 15) is 14.4 Å². The first-order chi connectivity index (χ1) is 16.1. The molecule has 1 fully saturated rings. The maximum Gasteiger partial charge on any atom is 0.410 e. The molecular formula is C25H31N3O6. The molecule has 2 N–H and O–H groups in total. The molecule has 9 nitrogen and oxygen atoms in total. The molecule has 2 aromatic carbocycles. The molecule has 0 radical (unpaired) electrons.